The molecule has 6 rings (SSSR count). The summed E-state index contributed by atoms with van der Waals surface area (Å²) in [4.78, 5) is 42.4. The van der Waals surface area contributed by atoms with Crippen LogP contribution < -0.4 is 11.2 Å². The molecule has 0 aliphatic carbocycles. The van der Waals surface area contributed by atoms with Crippen LogP contribution in [-0.2, 0) is 10.6 Å². The Hall–Kier alpha value is -5.03. The largest absolute Gasteiger partial charge is 0.465 e. The third-order valence-corrected chi connectivity index (χ3v) is 7.02. The van der Waals surface area contributed by atoms with Crippen molar-refractivity contribution in [1.29, 1.82) is 0 Å². The number of hydrogen-bond acceptors (Lipinski definition) is 9. The van der Waals surface area contributed by atoms with Crippen LogP contribution in [0.3, 0.4) is 0 Å². The highest BCUT2D eigenvalue weighted by Gasteiger charge is 2.17. The molecule has 10 nitrogen and oxygen atoms in total. The first-order chi connectivity index (χ1) is 19.0. The van der Waals surface area contributed by atoms with Crippen LogP contribution in [0.15, 0.2) is 104 Å². The molecule has 0 saturated heterocycles. The van der Waals surface area contributed by atoms with E-state index < -0.39 is 11.6 Å². The van der Waals surface area contributed by atoms with Crippen LogP contribution in [-0.4, -0.2) is 37.6 Å². The molecule has 0 fully saturated rings. The molecule has 3 heterocycles. The highest BCUT2D eigenvalue weighted by molar-refractivity contribution is 7.98. The van der Waals surface area contributed by atoms with Gasteiger partial charge in [0.05, 0.1) is 35.2 Å². The quantitative estimate of drug-likeness (QED) is 0.174. The molecule has 0 saturated carbocycles. The van der Waals surface area contributed by atoms with E-state index in [1.807, 2.05) is 12.1 Å². The van der Waals surface area contributed by atoms with Gasteiger partial charge in [0.1, 0.15) is 11.1 Å². The van der Waals surface area contributed by atoms with Crippen molar-refractivity contribution in [2.75, 3.05) is 7.11 Å². The van der Waals surface area contributed by atoms with Crippen LogP contribution in [0.4, 0.5) is 0 Å². The number of fused-ring (bicyclic) bond motifs is 2. The molecule has 0 aliphatic rings. The third kappa shape index (κ3) is 4.59. The monoisotopic (exact) mass is 537 g/mol. The Balaban J connectivity index is 1.42. The molecule has 192 valence electrons. The van der Waals surface area contributed by atoms with E-state index in [9.17, 15) is 14.4 Å². The average Bonchev–Trinajstić information content (AvgIpc) is 3.40. The third-order valence-electron chi connectivity index (χ3n) is 6.10. The predicted octanol–water partition coefficient (Wildman–Crippen LogP) is 4.29. The maximum Gasteiger partial charge on any atom is 0.345 e. The van der Waals surface area contributed by atoms with Gasteiger partial charge in [-0.2, -0.15) is 4.68 Å². The van der Waals surface area contributed by atoms with Crippen molar-refractivity contribution in [2.45, 2.75) is 11.0 Å². The zero-order valence-electron chi connectivity index (χ0n) is 20.5. The van der Waals surface area contributed by atoms with Gasteiger partial charge in [0.15, 0.2) is 5.16 Å². The number of methoxy groups -OCH3 is 1. The summed E-state index contributed by atoms with van der Waals surface area (Å²) in [5.41, 5.74) is 1.97. The second-order valence-electron chi connectivity index (χ2n) is 8.49. The Bertz CT molecular complexity index is 1980. The van der Waals surface area contributed by atoms with Crippen molar-refractivity contribution in [3.63, 3.8) is 0 Å². The maximum atomic E-state index is 13.0. The number of carbonyl (C=O) groups is 1. The second kappa shape index (κ2) is 10.0. The van der Waals surface area contributed by atoms with E-state index in [2.05, 4.69) is 10.3 Å². The van der Waals surface area contributed by atoms with E-state index in [1.54, 1.807) is 77.5 Å². The first-order valence-electron chi connectivity index (χ1n) is 11.8. The number of thioether (sulfide) groups is 1. The number of carbonyl (C=O) groups excluding carboxylic acids is 1. The number of imidazole rings is 1. The lowest BCUT2D eigenvalue weighted by Gasteiger charge is -2.09. The molecule has 0 radical (unpaired) electrons. The minimum Gasteiger partial charge on any atom is -0.465 e. The summed E-state index contributed by atoms with van der Waals surface area (Å²) < 4.78 is 13.3. The minimum atomic E-state index is -0.521. The summed E-state index contributed by atoms with van der Waals surface area (Å²) in [6.45, 7) is 0. The number of hydrogen-bond donors (Lipinski definition) is 0. The SMILES string of the molecule is COC(=O)c1ccc(-n2cc(-c3cc4ccccc4oc3=O)nc2SCn2nnc3ccccc3c2=O)cc1. The molecule has 0 amide bonds. The fourth-order valence-electron chi connectivity index (χ4n) is 4.12. The topological polar surface area (TPSA) is 122 Å². The molecular formula is C28H19N5O5S. The van der Waals surface area contributed by atoms with Gasteiger partial charge in [-0.15, -0.1) is 5.10 Å². The molecule has 39 heavy (non-hydrogen) atoms. The van der Waals surface area contributed by atoms with Gasteiger partial charge >= 0.3 is 11.6 Å². The lowest BCUT2D eigenvalue weighted by molar-refractivity contribution is 0.0600. The Labute approximate surface area is 224 Å². The molecule has 3 aromatic carbocycles. The van der Waals surface area contributed by atoms with E-state index in [-0.39, 0.29) is 11.4 Å². The number of esters is 1. The Kier molecular flexibility index (Phi) is 6.25. The second-order valence-corrected chi connectivity index (χ2v) is 9.40. The summed E-state index contributed by atoms with van der Waals surface area (Å²) in [6, 6.07) is 22.7. The highest BCUT2D eigenvalue weighted by atomic mass is 32.2. The smallest absolute Gasteiger partial charge is 0.345 e. The van der Waals surface area contributed by atoms with Crippen molar-refractivity contribution in [3.05, 3.63) is 111 Å². The van der Waals surface area contributed by atoms with Gasteiger partial charge in [0.2, 0.25) is 0 Å². The van der Waals surface area contributed by atoms with Crippen LogP contribution in [0.25, 0.3) is 38.8 Å². The van der Waals surface area contributed by atoms with E-state index in [0.717, 1.165) is 5.39 Å². The van der Waals surface area contributed by atoms with Crippen molar-refractivity contribution < 1.29 is 13.9 Å². The number of nitrogens with zero attached hydrogens (tertiary/aromatic N) is 5. The highest BCUT2D eigenvalue weighted by Crippen LogP contribution is 2.28. The Morgan fingerprint density at radius 3 is 2.59 bits per heavy atom. The van der Waals surface area contributed by atoms with Gasteiger partial charge in [0, 0.05) is 17.3 Å². The summed E-state index contributed by atoms with van der Waals surface area (Å²) in [5.74, 6) is -0.329. The van der Waals surface area contributed by atoms with Crippen LogP contribution >= 0.6 is 11.8 Å². The molecule has 3 aromatic heterocycles. The summed E-state index contributed by atoms with van der Waals surface area (Å²) in [5, 5.41) is 9.91. The lowest BCUT2D eigenvalue weighted by Crippen LogP contribution is -2.23. The zero-order chi connectivity index (χ0) is 26.9. The molecule has 0 spiro atoms. The number of ether oxygens (including phenoxy) is 1. The number of para-hydroxylation sites is 1. The molecule has 0 bridgehead atoms. The molecule has 0 N–H and O–H groups in total. The molecule has 0 atom stereocenters. The normalized spacial score (nSPS) is 11.2. The van der Waals surface area contributed by atoms with Gasteiger partial charge in [-0.3, -0.25) is 9.36 Å². The zero-order valence-corrected chi connectivity index (χ0v) is 21.3. The summed E-state index contributed by atoms with van der Waals surface area (Å²) >= 11 is 1.25. The Morgan fingerprint density at radius 1 is 1.00 bits per heavy atom. The standard InChI is InChI=1S/C28H19N5O5S/c1-37-26(35)17-10-12-19(13-11-17)32-15-23(21-14-18-6-2-5-9-24(18)38-27(21)36)29-28(32)39-16-33-25(34)20-7-3-4-8-22(20)30-31-33/h2-15H,16H2,1H3. The van der Waals surface area contributed by atoms with Crippen molar-refractivity contribution in [1.82, 2.24) is 24.5 Å². The Morgan fingerprint density at radius 2 is 1.77 bits per heavy atom. The molecular weight excluding hydrogens is 518 g/mol. The first kappa shape index (κ1) is 24.3. The fraction of sp³-hybridized carbons (Fsp3) is 0.0714. The van der Waals surface area contributed by atoms with Crippen LogP contribution in [0.1, 0.15) is 10.4 Å². The molecule has 0 unspecified atom stereocenters. The van der Waals surface area contributed by atoms with Crippen LogP contribution in [0, 0.1) is 0 Å². The first-order valence-corrected chi connectivity index (χ1v) is 12.8. The average molecular weight is 538 g/mol. The molecule has 0 aliphatic heterocycles. The van der Waals surface area contributed by atoms with Gasteiger partial charge in [-0.05, 0) is 48.5 Å². The number of aromatic nitrogens is 5. The lowest BCUT2D eigenvalue weighted by atomic mass is 10.1. The summed E-state index contributed by atoms with van der Waals surface area (Å²) in [7, 11) is 1.32. The van der Waals surface area contributed by atoms with E-state index in [1.165, 1.54) is 23.6 Å². The molecule has 6 aromatic rings. The fourth-order valence-corrected chi connectivity index (χ4v) is 4.99. The van der Waals surface area contributed by atoms with Crippen molar-refractivity contribution in [3.8, 4) is 16.9 Å². The van der Waals surface area contributed by atoms with E-state index in [4.69, 9.17) is 14.1 Å². The van der Waals surface area contributed by atoms with Crippen molar-refractivity contribution >= 4 is 39.6 Å². The number of rotatable bonds is 6. The predicted molar refractivity (Wildman–Crippen MR) is 146 cm³/mol. The van der Waals surface area contributed by atoms with E-state index >= 15 is 0 Å². The van der Waals surface area contributed by atoms with Gasteiger partial charge in [-0.1, -0.05) is 47.3 Å². The van der Waals surface area contributed by atoms with Gasteiger partial charge in [0.25, 0.3) is 5.56 Å². The van der Waals surface area contributed by atoms with E-state index in [0.29, 0.717) is 44.2 Å². The molecule has 11 heteroatoms. The minimum absolute atomic E-state index is 0.125. The van der Waals surface area contributed by atoms with Gasteiger partial charge < -0.3 is 9.15 Å². The number of benzene rings is 3. The van der Waals surface area contributed by atoms with Gasteiger partial charge in [-0.25, -0.2) is 14.6 Å². The van der Waals surface area contributed by atoms with Crippen LogP contribution in [0.2, 0.25) is 0 Å². The maximum absolute atomic E-state index is 13.0. The van der Waals surface area contributed by atoms with Crippen LogP contribution in [0.5, 0.6) is 0 Å². The van der Waals surface area contributed by atoms with Crippen molar-refractivity contribution in [2.24, 2.45) is 0 Å². The summed E-state index contributed by atoms with van der Waals surface area (Å²) in [6.07, 6.45) is 1.71.